The number of rotatable bonds is 5. The molecule has 0 amide bonds. The van der Waals surface area contributed by atoms with Crippen LogP contribution in [0.5, 0.6) is 0 Å². The van der Waals surface area contributed by atoms with Crippen molar-refractivity contribution in [1.82, 2.24) is 35.4 Å². The topological polar surface area (TPSA) is 111 Å². The van der Waals surface area contributed by atoms with E-state index >= 15 is 0 Å². The van der Waals surface area contributed by atoms with Crippen molar-refractivity contribution >= 4 is 5.84 Å². The summed E-state index contributed by atoms with van der Waals surface area (Å²) in [6.07, 6.45) is 3.29. The Morgan fingerprint density at radius 2 is 1.94 bits per heavy atom. The second-order valence-electron chi connectivity index (χ2n) is 8.26. The van der Waals surface area contributed by atoms with Gasteiger partial charge in [0, 0.05) is 18.7 Å². The lowest BCUT2D eigenvalue weighted by atomic mass is 9.78. The number of amidine groups is 1. The Morgan fingerprint density at radius 1 is 1.23 bits per heavy atom. The molecule has 2 aromatic heterocycles. The maximum absolute atomic E-state index is 13.4. The summed E-state index contributed by atoms with van der Waals surface area (Å²) in [5.41, 5.74) is 7.09. The average Bonchev–Trinajstić information content (AvgIpc) is 3.19. The molecule has 31 heavy (non-hydrogen) atoms. The zero-order chi connectivity index (χ0) is 21.8. The maximum atomic E-state index is 13.4. The van der Waals surface area contributed by atoms with Crippen LogP contribution in [0, 0.1) is 0 Å². The number of aromatic nitrogens is 5. The fourth-order valence-electron chi connectivity index (χ4n) is 4.10. The Kier molecular flexibility index (Phi) is 4.57. The van der Waals surface area contributed by atoms with Gasteiger partial charge in [0.15, 0.2) is 0 Å². The van der Waals surface area contributed by atoms with E-state index in [4.69, 9.17) is 10.8 Å². The first-order valence-electron chi connectivity index (χ1n) is 10.4. The highest BCUT2D eigenvalue weighted by molar-refractivity contribution is 6.00. The molecule has 0 bridgehead atoms. The number of aliphatic imine (C=N–C) groups is 1. The minimum absolute atomic E-state index is 0.195. The van der Waals surface area contributed by atoms with Gasteiger partial charge in [-0.2, -0.15) is 33.3 Å². The molecule has 5 rings (SSSR count). The summed E-state index contributed by atoms with van der Waals surface area (Å²) < 4.78 is 42.0. The summed E-state index contributed by atoms with van der Waals surface area (Å²) in [6, 6.07) is 2.30. The Bertz CT molecular complexity index is 1010. The van der Waals surface area contributed by atoms with Gasteiger partial charge in [-0.3, -0.25) is 10.4 Å². The molecule has 12 heteroatoms. The van der Waals surface area contributed by atoms with Gasteiger partial charge in [-0.05, 0) is 38.7 Å². The van der Waals surface area contributed by atoms with Crippen LogP contribution in [-0.2, 0) is 5.79 Å². The Morgan fingerprint density at radius 3 is 2.55 bits per heavy atom. The molecule has 166 valence electrons. The summed E-state index contributed by atoms with van der Waals surface area (Å²) >= 11 is 0. The standard InChI is InChI=1S/C19H24F3N9/c1-2-24-17-14(18(20,21)22)10-25-19(23,28-17)16-9-15(29-30(16)12-3-4-12)11-7-13(8-11)31-26-5-6-27-31/h5-6,9-13,25H,2-4,7-8,23H2,1H3,(H,24,28). The third-order valence-corrected chi connectivity index (χ3v) is 5.96. The molecule has 9 nitrogen and oxygen atoms in total. The van der Waals surface area contributed by atoms with Crippen LogP contribution >= 0.6 is 0 Å². The SMILES string of the molecule is CCNC1=NC(N)(c2cc(C3CC(n4nccn4)C3)nn2C2CC2)NC=C1C(F)(F)F. The van der Waals surface area contributed by atoms with Crippen LogP contribution in [-0.4, -0.2) is 43.3 Å². The normalized spacial score (nSPS) is 28.4. The number of hydrogen-bond donors (Lipinski definition) is 3. The van der Waals surface area contributed by atoms with Gasteiger partial charge < -0.3 is 10.6 Å². The zero-order valence-electron chi connectivity index (χ0n) is 17.0. The summed E-state index contributed by atoms with van der Waals surface area (Å²) in [4.78, 5) is 5.97. The van der Waals surface area contributed by atoms with Crippen LogP contribution in [0.4, 0.5) is 13.2 Å². The van der Waals surface area contributed by atoms with E-state index in [9.17, 15) is 13.2 Å². The number of likely N-dealkylation sites (N-methyl/N-ethyl adjacent to an activating group) is 1. The fourth-order valence-corrected chi connectivity index (χ4v) is 4.10. The highest BCUT2D eigenvalue weighted by atomic mass is 19.4. The van der Waals surface area contributed by atoms with Crippen LogP contribution in [0.1, 0.15) is 62.0 Å². The van der Waals surface area contributed by atoms with Gasteiger partial charge in [0.2, 0.25) is 5.79 Å². The van der Waals surface area contributed by atoms with Gasteiger partial charge >= 0.3 is 6.18 Å². The van der Waals surface area contributed by atoms with E-state index in [1.165, 1.54) is 0 Å². The molecular weight excluding hydrogens is 411 g/mol. The van der Waals surface area contributed by atoms with Crippen molar-refractivity contribution in [3.05, 3.63) is 41.6 Å². The molecule has 3 aliphatic rings. The number of nitrogens with one attached hydrogen (secondary N) is 2. The molecule has 2 aliphatic carbocycles. The summed E-state index contributed by atoms with van der Waals surface area (Å²) in [5.74, 6) is -1.58. The van der Waals surface area contributed by atoms with E-state index in [1.54, 1.807) is 24.1 Å². The number of nitrogens with zero attached hydrogens (tertiary/aromatic N) is 6. The first-order chi connectivity index (χ1) is 14.8. The predicted octanol–water partition coefficient (Wildman–Crippen LogP) is 2.05. The number of alkyl halides is 3. The molecule has 1 aliphatic heterocycles. The number of halogens is 3. The maximum Gasteiger partial charge on any atom is 0.421 e. The molecule has 0 spiro atoms. The van der Waals surface area contributed by atoms with Crippen LogP contribution in [0.25, 0.3) is 0 Å². The van der Waals surface area contributed by atoms with Gasteiger partial charge in [-0.1, -0.05) is 0 Å². The first-order valence-corrected chi connectivity index (χ1v) is 10.4. The summed E-state index contributed by atoms with van der Waals surface area (Å²) in [7, 11) is 0. The average molecular weight is 435 g/mol. The van der Waals surface area contributed by atoms with Crippen LogP contribution < -0.4 is 16.4 Å². The van der Waals surface area contributed by atoms with E-state index in [0.29, 0.717) is 12.2 Å². The molecule has 1 atom stereocenters. The second-order valence-corrected chi connectivity index (χ2v) is 8.26. The van der Waals surface area contributed by atoms with E-state index in [0.717, 1.165) is 37.6 Å². The van der Waals surface area contributed by atoms with E-state index in [-0.39, 0.29) is 23.8 Å². The van der Waals surface area contributed by atoms with Gasteiger partial charge in [0.05, 0.1) is 30.2 Å². The van der Waals surface area contributed by atoms with E-state index < -0.39 is 17.5 Å². The van der Waals surface area contributed by atoms with Crippen LogP contribution in [0.3, 0.4) is 0 Å². The molecule has 0 radical (unpaired) electrons. The van der Waals surface area contributed by atoms with Crippen molar-refractivity contribution < 1.29 is 13.2 Å². The van der Waals surface area contributed by atoms with Crippen molar-refractivity contribution in [2.75, 3.05) is 6.54 Å². The predicted molar refractivity (Wildman–Crippen MR) is 106 cm³/mol. The molecule has 4 N–H and O–H groups in total. The van der Waals surface area contributed by atoms with Gasteiger partial charge in [0.1, 0.15) is 17.1 Å². The molecule has 0 aromatic carbocycles. The Balaban J connectivity index is 1.44. The molecule has 2 aromatic rings. The lowest BCUT2D eigenvalue weighted by Crippen LogP contribution is -2.53. The van der Waals surface area contributed by atoms with Crippen LogP contribution in [0.15, 0.2) is 35.2 Å². The largest absolute Gasteiger partial charge is 0.421 e. The van der Waals surface area contributed by atoms with E-state index in [2.05, 4.69) is 25.8 Å². The van der Waals surface area contributed by atoms with Gasteiger partial charge in [-0.25, -0.2) is 4.99 Å². The molecule has 1 unspecified atom stereocenters. The number of hydrogen-bond acceptors (Lipinski definition) is 7. The highest BCUT2D eigenvalue weighted by Gasteiger charge is 2.45. The third kappa shape index (κ3) is 3.58. The third-order valence-electron chi connectivity index (χ3n) is 5.96. The van der Waals surface area contributed by atoms with Crippen molar-refractivity contribution in [1.29, 1.82) is 0 Å². The van der Waals surface area contributed by atoms with Crippen molar-refractivity contribution in [3.63, 3.8) is 0 Å². The van der Waals surface area contributed by atoms with Crippen molar-refractivity contribution in [2.45, 2.75) is 62.6 Å². The van der Waals surface area contributed by atoms with Crippen molar-refractivity contribution in [2.24, 2.45) is 10.7 Å². The smallest absolute Gasteiger partial charge is 0.370 e. The van der Waals surface area contributed by atoms with Crippen LogP contribution in [0.2, 0.25) is 0 Å². The molecule has 2 saturated carbocycles. The zero-order valence-corrected chi connectivity index (χ0v) is 17.0. The summed E-state index contributed by atoms with van der Waals surface area (Å²) in [6.45, 7) is 2.01. The highest BCUT2D eigenvalue weighted by Crippen LogP contribution is 2.46. The molecule has 2 fully saturated rings. The second kappa shape index (κ2) is 7.08. The quantitative estimate of drug-likeness (QED) is 0.663. The molecule has 3 heterocycles. The minimum Gasteiger partial charge on any atom is -0.370 e. The van der Waals surface area contributed by atoms with Gasteiger partial charge in [0.25, 0.3) is 0 Å². The van der Waals surface area contributed by atoms with Gasteiger partial charge in [-0.15, -0.1) is 0 Å². The first kappa shape index (κ1) is 20.0. The molecular formula is C19H24F3N9. The lowest BCUT2D eigenvalue weighted by Gasteiger charge is -2.33. The fraction of sp³-hybridized carbons (Fsp3) is 0.579. The number of nitrogens with two attached hydrogens (primary N) is 1. The molecule has 0 saturated heterocycles. The van der Waals surface area contributed by atoms with Crippen molar-refractivity contribution in [3.8, 4) is 0 Å². The lowest BCUT2D eigenvalue weighted by molar-refractivity contribution is -0.0872. The Labute approximate surface area is 176 Å². The Hall–Kier alpha value is -2.89. The monoisotopic (exact) mass is 435 g/mol. The minimum atomic E-state index is -4.54. The summed E-state index contributed by atoms with van der Waals surface area (Å²) in [5, 5.41) is 18.5. The van der Waals surface area contributed by atoms with E-state index in [1.807, 2.05) is 10.7 Å².